The summed E-state index contributed by atoms with van der Waals surface area (Å²) in [5, 5.41) is 7.23. The summed E-state index contributed by atoms with van der Waals surface area (Å²) in [5.74, 6) is 0. The van der Waals surface area contributed by atoms with Gasteiger partial charge in [0, 0.05) is 16.2 Å². The van der Waals surface area contributed by atoms with E-state index in [2.05, 4.69) is 54.6 Å². The Labute approximate surface area is 161 Å². The minimum Gasteiger partial charge on any atom is -0.464 e. The maximum absolute atomic E-state index is 5.54. The quantitative estimate of drug-likeness (QED) is 0.370. The van der Waals surface area contributed by atoms with Crippen LogP contribution in [0.5, 0.6) is 0 Å². The standard InChI is InChI=1S/C24H15O3P/c1-4-22-16(7-10-25-22)13-19(1)28(20-2-5-23-17(14-20)8-11-26-23)21-3-6-24-18(15-21)9-12-27-24/h1-15H. The second kappa shape index (κ2) is 6.12. The lowest BCUT2D eigenvalue weighted by Crippen LogP contribution is -2.20. The Bertz CT molecular complexity index is 1260. The van der Waals surface area contributed by atoms with Crippen LogP contribution >= 0.6 is 7.92 Å². The fourth-order valence-corrected chi connectivity index (χ4v) is 6.10. The minimum atomic E-state index is -0.734. The van der Waals surface area contributed by atoms with Crippen LogP contribution in [0.25, 0.3) is 32.9 Å². The number of hydrogen-bond acceptors (Lipinski definition) is 3. The average molecular weight is 382 g/mol. The Kier molecular flexibility index (Phi) is 3.44. The maximum Gasteiger partial charge on any atom is 0.133 e. The molecule has 6 rings (SSSR count). The summed E-state index contributed by atoms with van der Waals surface area (Å²) in [6.45, 7) is 0. The van der Waals surface area contributed by atoms with Crippen molar-refractivity contribution in [3.05, 3.63) is 91.6 Å². The van der Waals surface area contributed by atoms with Gasteiger partial charge in [0.05, 0.1) is 18.8 Å². The van der Waals surface area contributed by atoms with E-state index in [1.54, 1.807) is 18.8 Å². The fourth-order valence-electron chi connectivity index (χ4n) is 3.73. The predicted molar refractivity (Wildman–Crippen MR) is 114 cm³/mol. The number of fused-ring (bicyclic) bond motifs is 3. The third-order valence-electron chi connectivity index (χ3n) is 5.08. The normalized spacial score (nSPS) is 11.9. The molecule has 0 unspecified atom stereocenters. The molecule has 3 aromatic carbocycles. The van der Waals surface area contributed by atoms with E-state index in [-0.39, 0.29) is 0 Å². The molecule has 0 N–H and O–H groups in total. The second-order valence-electron chi connectivity index (χ2n) is 6.76. The number of hydrogen-bond donors (Lipinski definition) is 0. The monoisotopic (exact) mass is 382 g/mol. The zero-order chi connectivity index (χ0) is 18.5. The van der Waals surface area contributed by atoms with E-state index in [0.29, 0.717) is 0 Å². The van der Waals surface area contributed by atoms with Gasteiger partial charge in [0.25, 0.3) is 0 Å². The van der Waals surface area contributed by atoms with E-state index >= 15 is 0 Å². The smallest absolute Gasteiger partial charge is 0.133 e. The van der Waals surface area contributed by atoms with Gasteiger partial charge < -0.3 is 13.3 Å². The van der Waals surface area contributed by atoms with Crippen molar-refractivity contribution < 1.29 is 13.3 Å². The molecule has 0 saturated carbocycles. The molecule has 0 radical (unpaired) electrons. The Hall–Kier alpha value is -3.29. The molecule has 3 heterocycles. The third-order valence-corrected chi connectivity index (χ3v) is 7.47. The van der Waals surface area contributed by atoms with Crippen LogP contribution in [-0.4, -0.2) is 0 Å². The van der Waals surface area contributed by atoms with Crippen molar-refractivity contribution in [2.24, 2.45) is 0 Å². The first-order chi connectivity index (χ1) is 13.8. The molecule has 0 aliphatic rings. The van der Waals surface area contributed by atoms with E-state index in [9.17, 15) is 0 Å². The highest BCUT2D eigenvalue weighted by Crippen LogP contribution is 2.36. The first kappa shape index (κ1) is 15.7. The Balaban J connectivity index is 1.59. The van der Waals surface area contributed by atoms with Gasteiger partial charge in [-0.15, -0.1) is 0 Å². The van der Waals surface area contributed by atoms with Crippen LogP contribution in [0.15, 0.2) is 105 Å². The largest absolute Gasteiger partial charge is 0.464 e. The van der Waals surface area contributed by atoms with Gasteiger partial charge >= 0.3 is 0 Å². The molecule has 134 valence electrons. The summed E-state index contributed by atoms with van der Waals surface area (Å²) < 4.78 is 16.6. The Morgan fingerprint density at radius 1 is 0.429 bits per heavy atom. The Morgan fingerprint density at radius 3 is 1.14 bits per heavy atom. The van der Waals surface area contributed by atoms with Crippen LogP contribution in [0.3, 0.4) is 0 Å². The van der Waals surface area contributed by atoms with Crippen LogP contribution < -0.4 is 15.9 Å². The van der Waals surface area contributed by atoms with Gasteiger partial charge in [-0.2, -0.15) is 0 Å². The van der Waals surface area contributed by atoms with E-state index in [0.717, 1.165) is 32.9 Å². The highest BCUT2D eigenvalue weighted by Gasteiger charge is 2.19. The van der Waals surface area contributed by atoms with Gasteiger partial charge in [-0.3, -0.25) is 0 Å². The number of rotatable bonds is 3. The second-order valence-corrected chi connectivity index (χ2v) is 8.98. The van der Waals surface area contributed by atoms with Crippen LogP contribution in [0, 0.1) is 0 Å². The van der Waals surface area contributed by atoms with Crippen LogP contribution in [-0.2, 0) is 0 Å². The molecule has 28 heavy (non-hydrogen) atoms. The van der Waals surface area contributed by atoms with E-state index in [1.165, 1.54) is 15.9 Å². The molecule has 0 aliphatic carbocycles. The number of benzene rings is 3. The molecular formula is C24H15O3P. The van der Waals surface area contributed by atoms with Gasteiger partial charge in [-0.25, -0.2) is 0 Å². The third kappa shape index (κ3) is 2.48. The lowest BCUT2D eigenvalue weighted by Gasteiger charge is -2.19. The van der Waals surface area contributed by atoms with E-state index in [4.69, 9.17) is 13.3 Å². The van der Waals surface area contributed by atoms with Crippen LogP contribution in [0.1, 0.15) is 0 Å². The molecule has 0 atom stereocenters. The predicted octanol–water partition coefficient (Wildman–Crippen LogP) is 5.68. The first-order valence-electron chi connectivity index (χ1n) is 9.07. The lowest BCUT2D eigenvalue weighted by atomic mass is 10.2. The molecule has 0 saturated heterocycles. The van der Waals surface area contributed by atoms with Crippen molar-refractivity contribution in [3.63, 3.8) is 0 Å². The van der Waals surface area contributed by atoms with E-state index < -0.39 is 7.92 Å². The molecule has 0 aliphatic heterocycles. The van der Waals surface area contributed by atoms with Gasteiger partial charge in [0.2, 0.25) is 0 Å². The van der Waals surface area contributed by atoms with Gasteiger partial charge in [0.1, 0.15) is 16.7 Å². The topological polar surface area (TPSA) is 39.4 Å². The highest BCUT2D eigenvalue weighted by molar-refractivity contribution is 7.79. The number of furan rings is 3. The molecule has 0 bridgehead atoms. The summed E-state index contributed by atoms with van der Waals surface area (Å²) in [5.41, 5.74) is 2.73. The molecule has 3 nitrogen and oxygen atoms in total. The SMILES string of the molecule is c1cc2cc(P(c3ccc4occc4c3)c3ccc4occc4c3)ccc2o1. The summed E-state index contributed by atoms with van der Waals surface area (Å²) in [6.07, 6.45) is 5.23. The molecule has 6 aromatic rings. The summed E-state index contributed by atoms with van der Waals surface area (Å²) in [7, 11) is -0.734. The highest BCUT2D eigenvalue weighted by atomic mass is 31.1. The van der Waals surface area contributed by atoms with Gasteiger partial charge in [-0.1, -0.05) is 18.2 Å². The average Bonchev–Trinajstić information content (AvgIpc) is 3.47. The fraction of sp³-hybridized carbons (Fsp3) is 0. The van der Waals surface area contributed by atoms with Crippen LogP contribution in [0.2, 0.25) is 0 Å². The first-order valence-corrected chi connectivity index (χ1v) is 10.4. The Morgan fingerprint density at radius 2 is 0.786 bits per heavy atom. The molecule has 0 fully saturated rings. The lowest BCUT2D eigenvalue weighted by molar-refractivity contribution is 0.615. The zero-order valence-electron chi connectivity index (χ0n) is 14.8. The van der Waals surface area contributed by atoms with Crippen molar-refractivity contribution >= 4 is 56.7 Å². The van der Waals surface area contributed by atoms with Crippen molar-refractivity contribution in [1.29, 1.82) is 0 Å². The van der Waals surface area contributed by atoms with Crippen molar-refractivity contribution in [2.45, 2.75) is 0 Å². The molecule has 4 heteroatoms. The van der Waals surface area contributed by atoms with E-state index in [1.807, 2.05) is 18.2 Å². The zero-order valence-corrected chi connectivity index (χ0v) is 15.7. The molecule has 3 aromatic heterocycles. The van der Waals surface area contributed by atoms with Crippen molar-refractivity contribution in [1.82, 2.24) is 0 Å². The maximum atomic E-state index is 5.54. The van der Waals surface area contributed by atoms with Crippen molar-refractivity contribution in [2.75, 3.05) is 0 Å². The molecule has 0 spiro atoms. The van der Waals surface area contributed by atoms with Crippen molar-refractivity contribution in [3.8, 4) is 0 Å². The minimum absolute atomic E-state index is 0.734. The van der Waals surface area contributed by atoms with Crippen LogP contribution in [0.4, 0.5) is 0 Å². The van der Waals surface area contributed by atoms with Gasteiger partial charge in [-0.05, 0) is 78.4 Å². The summed E-state index contributed by atoms with van der Waals surface area (Å²) in [6, 6.07) is 25.5. The molecule has 0 amide bonds. The molecular weight excluding hydrogens is 367 g/mol. The van der Waals surface area contributed by atoms with Gasteiger partial charge in [0.15, 0.2) is 0 Å². The summed E-state index contributed by atoms with van der Waals surface area (Å²) >= 11 is 0. The summed E-state index contributed by atoms with van der Waals surface area (Å²) in [4.78, 5) is 0.